The van der Waals surface area contributed by atoms with Crippen LogP contribution in [0.1, 0.15) is 19.7 Å². The van der Waals surface area contributed by atoms with Crippen LogP contribution in [-0.4, -0.2) is 49.4 Å². The number of morpholine rings is 1. The van der Waals surface area contributed by atoms with Crippen LogP contribution in [0.5, 0.6) is 0 Å². The van der Waals surface area contributed by atoms with E-state index in [-0.39, 0.29) is 5.97 Å². The molecule has 1 aromatic rings. The second-order valence-electron chi connectivity index (χ2n) is 5.48. The van der Waals surface area contributed by atoms with Crippen LogP contribution >= 0.6 is 0 Å². The zero-order valence-electron chi connectivity index (χ0n) is 12.3. The predicted molar refractivity (Wildman–Crippen MR) is 74.6 cm³/mol. The Morgan fingerprint density at radius 2 is 2.15 bits per heavy atom. The van der Waals surface area contributed by atoms with Gasteiger partial charge in [-0.05, 0) is 19.9 Å². The van der Waals surface area contributed by atoms with Crippen LogP contribution in [0.3, 0.4) is 0 Å². The third kappa shape index (κ3) is 3.45. The smallest absolute Gasteiger partial charge is 0.311 e. The molecule has 2 rings (SSSR count). The molecule has 20 heavy (non-hydrogen) atoms. The van der Waals surface area contributed by atoms with E-state index in [2.05, 4.69) is 14.9 Å². The van der Waals surface area contributed by atoms with Crippen molar-refractivity contribution in [2.45, 2.75) is 20.3 Å². The summed E-state index contributed by atoms with van der Waals surface area (Å²) in [6, 6.07) is 1.89. The van der Waals surface area contributed by atoms with Gasteiger partial charge in [0.25, 0.3) is 0 Å². The quantitative estimate of drug-likeness (QED) is 0.768. The summed E-state index contributed by atoms with van der Waals surface area (Å²) >= 11 is 0. The highest BCUT2D eigenvalue weighted by Gasteiger charge is 2.30. The molecule has 0 radical (unpaired) electrons. The summed E-state index contributed by atoms with van der Waals surface area (Å²) in [5.41, 5.74) is -0.627. The first kappa shape index (κ1) is 14.7. The fourth-order valence-electron chi connectivity index (χ4n) is 2.19. The summed E-state index contributed by atoms with van der Waals surface area (Å²) in [5.74, 6) is 1.29. The number of rotatable bonds is 4. The monoisotopic (exact) mass is 279 g/mol. The van der Waals surface area contributed by atoms with E-state index in [4.69, 9.17) is 9.47 Å². The maximum atomic E-state index is 11.7. The number of nitrogens with zero attached hydrogens (tertiary/aromatic N) is 3. The molecule has 2 heterocycles. The van der Waals surface area contributed by atoms with Crippen molar-refractivity contribution in [1.82, 2.24) is 9.97 Å². The molecule has 0 bridgehead atoms. The van der Waals surface area contributed by atoms with Crippen LogP contribution < -0.4 is 4.90 Å². The zero-order chi connectivity index (χ0) is 14.6. The fraction of sp³-hybridized carbons (Fsp3) is 0.643. The average molecular weight is 279 g/mol. The number of aromatic nitrogens is 2. The molecule has 0 aromatic carbocycles. The molecule has 1 aromatic heterocycles. The van der Waals surface area contributed by atoms with Gasteiger partial charge in [0.1, 0.15) is 11.6 Å². The second kappa shape index (κ2) is 6.17. The maximum absolute atomic E-state index is 11.7. The van der Waals surface area contributed by atoms with E-state index in [9.17, 15) is 4.79 Å². The Balaban J connectivity index is 2.11. The van der Waals surface area contributed by atoms with Crippen molar-refractivity contribution < 1.29 is 14.3 Å². The van der Waals surface area contributed by atoms with E-state index >= 15 is 0 Å². The predicted octanol–water partition coefficient (Wildman–Crippen LogP) is 1.05. The van der Waals surface area contributed by atoms with E-state index in [0.717, 1.165) is 18.9 Å². The summed E-state index contributed by atoms with van der Waals surface area (Å²) in [4.78, 5) is 22.7. The molecule has 0 aliphatic carbocycles. The van der Waals surface area contributed by atoms with Crippen molar-refractivity contribution >= 4 is 11.8 Å². The summed E-state index contributed by atoms with van der Waals surface area (Å²) in [6.45, 7) is 6.76. The number of hydrogen-bond acceptors (Lipinski definition) is 6. The Bertz CT molecular complexity index is 470. The van der Waals surface area contributed by atoms with Crippen molar-refractivity contribution in [3.05, 3.63) is 18.1 Å². The molecule has 6 heteroatoms. The van der Waals surface area contributed by atoms with Gasteiger partial charge in [0.15, 0.2) is 0 Å². The summed E-state index contributed by atoms with van der Waals surface area (Å²) in [5, 5.41) is 0. The van der Waals surface area contributed by atoms with Crippen LogP contribution in [0.4, 0.5) is 5.82 Å². The number of hydrogen-bond donors (Lipinski definition) is 0. The highest BCUT2D eigenvalue weighted by molar-refractivity contribution is 5.76. The van der Waals surface area contributed by atoms with Crippen LogP contribution in [-0.2, 0) is 20.7 Å². The van der Waals surface area contributed by atoms with E-state index in [0.29, 0.717) is 25.5 Å². The number of esters is 1. The third-order valence-corrected chi connectivity index (χ3v) is 3.36. The molecular weight excluding hydrogens is 258 g/mol. The molecule has 0 saturated carbocycles. The van der Waals surface area contributed by atoms with Gasteiger partial charge in [-0.25, -0.2) is 9.97 Å². The molecule has 110 valence electrons. The Labute approximate surface area is 119 Å². The fourth-order valence-corrected chi connectivity index (χ4v) is 2.19. The van der Waals surface area contributed by atoms with E-state index in [1.807, 2.05) is 19.9 Å². The van der Waals surface area contributed by atoms with Crippen LogP contribution in [0, 0.1) is 5.41 Å². The third-order valence-electron chi connectivity index (χ3n) is 3.36. The minimum absolute atomic E-state index is 0.252. The Morgan fingerprint density at radius 3 is 2.80 bits per heavy atom. The van der Waals surface area contributed by atoms with E-state index < -0.39 is 5.41 Å². The molecule has 0 unspecified atom stereocenters. The molecule has 1 fully saturated rings. The molecule has 6 nitrogen and oxygen atoms in total. The molecule has 0 spiro atoms. The lowest BCUT2D eigenvalue weighted by Crippen LogP contribution is -2.37. The van der Waals surface area contributed by atoms with Crippen molar-refractivity contribution in [3.8, 4) is 0 Å². The Hall–Kier alpha value is -1.69. The largest absolute Gasteiger partial charge is 0.469 e. The first-order valence-corrected chi connectivity index (χ1v) is 6.76. The van der Waals surface area contributed by atoms with Gasteiger partial charge in [-0.3, -0.25) is 4.79 Å². The van der Waals surface area contributed by atoms with Crippen LogP contribution in [0.2, 0.25) is 0 Å². The Kier molecular flexibility index (Phi) is 4.54. The van der Waals surface area contributed by atoms with Crippen molar-refractivity contribution in [3.63, 3.8) is 0 Å². The summed E-state index contributed by atoms with van der Waals surface area (Å²) in [6.07, 6.45) is 2.19. The number of carbonyl (C=O) groups is 1. The lowest BCUT2D eigenvalue weighted by Gasteiger charge is -2.28. The topological polar surface area (TPSA) is 64.5 Å². The SMILES string of the molecule is COC(=O)C(C)(C)Cc1nccc(N2CCOCC2)n1. The van der Waals surface area contributed by atoms with Gasteiger partial charge in [0.2, 0.25) is 0 Å². The molecule has 1 saturated heterocycles. The molecular formula is C14H21N3O3. The number of anilines is 1. The molecule has 0 atom stereocenters. The average Bonchev–Trinajstić information content (AvgIpc) is 2.47. The van der Waals surface area contributed by atoms with Gasteiger partial charge in [-0.2, -0.15) is 0 Å². The van der Waals surface area contributed by atoms with Gasteiger partial charge in [-0.15, -0.1) is 0 Å². The van der Waals surface area contributed by atoms with Crippen LogP contribution in [0.15, 0.2) is 12.3 Å². The van der Waals surface area contributed by atoms with Crippen molar-refractivity contribution in [2.24, 2.45) is 5.41 Å². The van der Waals surface area contributed by atoms with E-state index in [1.165, 1.54) is 7.11 Å². The van der Waals surface area contributed by atoms with Gasteiger partial charge < -0.3 is 14.4 Å². The number of ether oxygens (including phenoxy) is 2. The first-order chi connectivity index (χ1) is 9.53. The van der Waals surface area contributed by atoms with Gasteiger partial charge in [-0.1, -0.05) is 0 Å². The van der Waals surface area contributed by atoms with E-state index in [1.54, 1.807) is 6.20 Å². The number of methoxy groups -OCH3 is 1. The van der Waals surface area contributed by atoms with Crippen LogP contribution in [0.25, 0.3) is 0 Å². The maximum Gasteiger partial charge on any atom is 0.311 e. The second-order valence-corrected chi connectivity index (χ2v) is 5.48. The minimum Gasteiger partial charge on any atom is -0.469 e. The van der Waals surface area contributed by atoms with Gasteiger partial charge >= 0.3 is 5.97 Å². The normalized spacial score (nSPS) is 16.1. The molecule has 1 aliphatic heterocycles. The summed E-state index contributed by atoms with van der Waals surface area (Å²) < 4.78 is 10.1. The summed E-state index contributed by atoms with van der Waals surface area (Å²) in [7, 11) is 1.40. The van der Waals surface area contributed by atoms with Crippen molar-refractivity contribution in [2.75, 3.05) is 38.3 Å². The molecule has 0 N–H and O–H groups in total. The molecule has 1 aliphatic rings. The van der Waals surface area contributed by atoms with Crippen molar-refractivity contribution in [1.29, 1.82) is 0 Å². The zero-order valence-corrected chi connectivity index (χ0v) is 12.3. The molecule has 0 amide bonds. The lowest BCUT2D eigenvalue weighted by molar-refractivity contribution is -0.150. The highest BCUT2D eigenvalue weighted by Crippen LogP contribution is 2.22. The number of carbonyl (C=O) groups excluding carboxylic acids is 1. The first-order valence-electron chi connectivity index (χ1n) is 6.76. The minimum atomic E-state index is -0.627. The van der Waals surface area contributed by atoms with Gasteiger partial charge in [0.05, 0.1) is 25.7 Å². The van der Waals surface area contributed by atoms with Gasteiger partial charge in [0, 0.05) is 25.7 Å². The standard InChI is InChI=1S/C14H21N3O3/c1-14(2,13(18)19-3)10-11-15-5-4-12(16-11)17-6-8-20-9-7-17/h4-5H,6-10H2,1-3H3. The lowest BCUT2D eigenvalue weighted by atomic mass is 9.89. The Morgan fingerprint density at radius 1 is 1.45 bits per heavy atom. The highest BCUT2D eigenvalue weighted by atomic mass is 16.5.